The van der Waals surface area contributed by atoms with Crippen molar-refractivity contribution in [2.75, 3.05) is 0 Å². The third kappa shape index (κ3) is 6.13. The first-order chi connectivity index (χ1) is 20.3. The number of hydrogen-bond donors (Lipinski definition) is 5. The Bertz CT molecular complexity index is 1180. The summed E-state index contributed by atoms with van der Waals surface area (Å²) in [6.45, 7) is 7.25. The van der Waals surface area contributed by atoms with Gasteiger partial charge in [-0.25, -0.2) is 4.79 Å². The maximum atomic E-state index is 13.0. The van der Waals surface area contributed by atoms with Crippen LogP contribution in [0.4, 0.5) is 0 Å². The van der Waals surface area contributed by atoms with Crippen LogP contribution in [0.15, 0.2) is 12.1 Å². The van der Waals surface area contributed by atoms with E-state index < -0.39 is 29.7 Å². The lowest BCUT2D eigenvalue weighted by molar-refractivity contribution is -0.150. The minimum atomic E-state index is -1.24. The molecule has 5 N–H and O–H groups in total. The number of carbonyl (C=O) groups excluding carboxylic acids is 2. The van der Waals surface area contributed by atoms with E-state index in [1.165, 1.54) is 38.5 Å². The molecule has 10 heteroatoms. The van der Waals surface area contributed by atoms with E-state index in [1.807, 2.05) is 0 Å². The van der Waals surface area contributed by atoms with Crippen molar-refractivity contribution in [3.63, 3.8) is 0 Å². The Labute approximate surface area is 254 Å². The first kappa shape index (κ1) is 31.7. The van der Waals surface area contributed by atoms with Crippen molar-refractivity contribution in [3.8, 4) is 11.8 Å². The van der Waals surface area contributed by atoms with E-state index in [2.05, 4.69) is 26.1 Å². The highest BCUT2D eigenvalue weighted by Crippen LogP contribution is 2.68. The van der Waals surface area contributed by atoms with Gasteiger partial charge in [0.2, 0.25) is 17.7 Å². The zero-order chi connectivity index (χ0) is 31.1. The molecule has 4 fully saturated rings. The molecule has 10 atom stereocenters. The molecule has 1 aromatic heterocycles. The summed E-state index contributed by atoms with van der Waals surface area (Å²) in [5, 5.41) is 41.7. The maximum absolute atomic E-state index is 13.0. The van der Waals surface area contributed by atoms with E-state index in [-0.39, 0.29) is 36.7 Å². The Kier molecular flexibility index (Phi) is 9.08. The average Bonchev–Trinajstić information content (AvgIpc) is 3.48. The van der Waals surface area contributed by atoms with Gasteiger partial charge in [-0.05, 0) is 117 Å². The first-order valence-electron chi connectivity index (χ1n) is 16.3. The fourth-order valence-electron chi connectivity index (χ4n) is 10.2. The molecule has 0 aromatic carbocycles. The van der Waals surface area contributed by atoms with Gasteiger partial charge in [-0.3, -0.25) is 9.59 Å². The smallest absolute Gasteiger partial charge is 0.355 e. The molecule has 240 valence electrons. The van der Waals surface area contributed by atoms with Crippen LogP contribution in [0.3, 0.4) is 0 Å². The van der Waals surface area contributed by atoms with Gasteiger partial charge in [0.05, 0.1) is 6.10 Å². The third-order valence-electron chi connectivity index (χ3n) is 12.5. The monoisotopic (exact) mass is 602 g/mol. The lowest BCUT2D eigenvalue weighted by Crippen LogP contribution is -2.54. The minimum absolute atomic E-state index is 0.128. The van der Waals surface area contributed by atoms with Crippen molar-refractivity contribution in [1.29, 1.82) is 0 Å². The Morgan fingerprint density at radius 1 is 0.953 bits per heavy atom. The lowest BCUT2D eigenvalue weighted by atomic mass is 9.44. The van der Waals surface area contributed by atoms with Gasteiger partial charge >= 0.3 is 11.9 Å². The molecular weight excluding hydrogens is 552 g/mol. The summed E-state index contributed by atoms with van der Waals surface area (Å²) >= 11 is 0. The van der Waals surface area contributed by atoms with Crippen molar-refractivity contribution in [2.24, 2.45) is 46.3 Å². The van der Waals surface area contributed by atoms with Gasteiger partial charge in [0.1, 0.15) is 6.04 Å². The molecule has 43 heavy (non-hydrogen) atoms. The molecule has 0 bridgehead atoms. The number of aliphatic hydroxyl groups is 1. The molecule has 0 saturated heterocycles. The van der Waals surface area contributed by atoms with Crippen LogP contribution in [0.1, 0.15) is 104 Å². The summed E-state index contributed by atoms with van der Waals surface area (Å²) in [5.41, 5.74) is 0.603. The van der Waals surface area contributed by atoms with Crippen LogP contribution in [0, 0.1) is 46.3 Å². The summed E-state index contributed by atoms with van der Waals surface area (Å²) in [7, 11) is 0. The number of aliphatic carboxylic acids is 1. The third-order valence-corrected chi connectivity index (χ3v) is 12.5. The minimum Gasteiger partial charge on any atom is -0.492 e. The van der Waals surface area contributed by atoms with Crippen LogP contribution in [0.5, 0.6) is 11.8 Å². The van der Waals surface area contributed by atoms with Crippen LogP contribution in [0.25, 0.3) is 0 Å². The average molecular weight is 603 g/mol. The Hall–Kier alpha value is -2.75. The molecule has 10 nitrogen and oxygen atoms in total. The second-order valence-corrected chi connectivity index (χ2v) is 14.6. The highest BCUT2D eigenvalue weighted by molar-refractivity contribution is 5.85. The lowest BCUT2D eigenvalue weighted by Gasteiger charge is -2.61. The van der Waals surface area contributed by atoms with Crippen LogP contribution in [-0.4, -0.2) is 55.1 Å². The first-order valence-corrected chi connectivity index (χ1v) is 16.3. The molecule has 0 spiro atoms. The largest absolute Gasteiger partial charge is 0.492 e. The number of aromatic hydroxyl groups is 2. The van der Waals surface area contributed by atoms with Crippen LogP contribution in [0.2, 0.25) is 0 Å². The number of carboxylic acids is 1. The van der Waals surface area contributed by atoms with E-state index in [9.17, 15) is 29.7 Å². The zero-order valence-electron chi connectivity index (χ0n) is 25.8. The summed E-state index contributed by atoms with van der Waals surface area (Å²) in [4.78, 5) is 42.0. The molecule has 4 unspecified atom stereocenters. The molecule has 1 amide bonds. The van der Waals surface area contributed by atoms with Crippen molar-refractivity contribution in [2.45, 2.75) is 116 Å². The summed E-state index contributed by atoms with van der Waals surface area (Å²) < 4.78 is 0.528. The van der Waals surface area contributed by atoms with Crippen LogP contribution in [-0.2, 0) is 14.4 Å². The van der Waals surface area contributed by atoms with Gasteiger partial charge in [0, 0.05) is 25.0 Å². The van der Waals surface area contributed by atoms with Crippen LogP contribution >= 0.6 is 0 Å². The number of hydrogen-bond acceptors (Lipinski definition) is 7. The van der Waals surface area contributed by atoms with E-state index in [0.29, 0.717) is 40.2 Å². The van der Waals surface area contributed by atoms with Gasteiger partial charge < -0.3 is 30.6 Å². The fourth-order valence-corrected chi connectivity index (χ4v) is 10.2. The molecule has 5 rings (SSSR count). The van der Waals surface area contributed by atoms with Gasteiger partial charge in [0.25, 0.3) is 0 Å². The van der Waals surface area contributed by atoms with E-state index >= 15 is 0 Å². The zero-order valence-corrected chi connectivity index (χ0v) is 25.8. The summed E-state index contributed by atoms with van der Waals surface area (Å²) in [6.07, 6.45) is 10.7. The molecule has 4 saturated carbocycles. The molecule has 1 aromatic rings. The maximum Gasteiger partial charge on any atom is 0.355 e. The molecule has 4 aliphatic carbocycles. The quantitative estimate of drug-likeness (QED) is 0.259. The number of nitrogens with zero attached hydrogens (tertiary/aromatic N) is 1. The van der Waals surface area contributed by atoms with E-state index in [1.54, 1.807) is 0 Å². The van der Waals surface area contributed by atoms with Gasteiger partial charge in [-0.15, -0.1) is 4.73 Å². The normalized spacial score (nSPS) is 36.5. The van der Waals surface area contributed by atoms with E-state index in [0.717, 1.165) is 43.2 Å². The Balaban J connectivity index is 1.18. The molecule has 0 aliphatic heterocycles. The molecule has 0 radical (unpaired) electrons. The number of aromatic nitrogens is 1. The molecular formula is C33H50N2O8. The summed E-state index contributed by atoms with van der Waals surface area (Å²) in [6, 6.07) is 1.05. The number of fused-ring (bicyclic) bond motifs is 5. The van der Waals surface area contributed by atoms with Gasteiger partial charge in [0.15, 0.2) is 0 Å². The Morgan fingerprint density at radius 2 is 1.63 bits per heavy atom. The van der Waals surface area contributed by atoms with E-state index in [4.69, 9.17) is 9.94 Å². The number of rotatable bonds is 10. The second-order valence-electron chi connectivity index (χ2n) is 14.6. The number of carboxylic acid groups (broad SMARTS) is 1. The highest BCUT2D eigenvalue weighted by atomic mass is 16.7. The topological polar surface area (TPSA) is 158 Å². The predicted molar refractivity (Wildman–Crippen MR) is 158 cm³/mol. The number of amides is 1. The van der Waals surface area contributed by atoms with Crippen LogP contribution < -0.4 is 10.2 Å². The number of aliphatic hydroxyl groups excluding tert-OH is 1. The highest BCUT2D eigenvalue weighted by Gasteiger charge is 2.60. The summed E-state index contributed by atoms with van der Waals surface area (Å²) in [5.74, 6) is 0.254. The SMILES string of the molecule is C[C@H](CCC(=O)N[C@@H](CCC(=O)O)C(=O)On1c(O)ccc1O)[C@H]1CCC2C3CCC4C[C@H](O)CC[C@]4(C)C3CC[C@@]21C. The number of nitrogens with one attached hydrogen (secondary N) is 1. The van der Waals surface area contributed by atoms with Gasteiger partial charge in [-0.1, -0.05) is 20.8 Å². The van der Waals surface area contributed by atoms with Crippen molar-refractivity contribution < 1.29 is 39.6 Å². The second kappa shape index (κ2) is 12.3. The van der Waals surface area contributed by atoms with Crippen molar-refractivity contribution in [3.05, 3.63) is 12.1 Å². The molecule has 1 heterocycles. The predicted octanol–water partition coefficient (Wildman–Crippen LogP) is 4.64. The van der Waals surface area contributed by atoms with Crippen molar-refractivity contribution >= 4 is 17.8 Å². The Morgan fingerprint density at radius 3 is 2.33 bits per heavy atom. The van der Waals surface area contributed by atoms with Crippen molar-refractivity contribution in [1.82, 2.24) is 10.0 Å². The number of carbonyl (C=O) groups is 3. The van der Waals surface area contributed by atoms with Gasteiger partial charge in [-0.2, -0.15) is 0 Å². The fraction of sp³-hybridized carbons (Fsp3) is 0.788. The standard InChI is InChI=1S/C33H50N2O8/c1-19(4-10-27(37)34-26(9-13-30(40)41)31(42)43-35-28(38)11-12-29(35)39)23-7-8-24-22-6-5-20-18-21(36)14-16-32(20,2)25(22)15-17-33(23,24)3/h11-12,19-26,36,38-39H,4-10,13-18H2,1-3H3,(H,34,37)(H,40,41)/t19-,20?,21-,22?,23-,24?,25?,26+,32+,33-/m1/s1. The molecule has 4 aliphatic rings.